The standard InChI is InChI=1S/C21H27ClN6O2/c1-25-18-10-15(28-21(12-29)8-9-21)6-7-17(18)26-11-16(20(24)30)19(23)27-14-4-2-13(22)3-5-14/h1-5,11,15,17-18,28-29H,6-10,12H2,(H4-,23,24,26,27,30)/p+1/t15-,17?,18-/m0/s1. The summed E-state index contributed by atoms with van der Waals surface area (Å²) >= 11 is 5.87. The highest BCUT2D eigenvalue weighted by atomic mass is 35.5. The van der Waals surface area contributed by atoms with Gasteiger partial charge in [0.25, 0.3) is 18.5 Å². The van der Waals surface area contributed by atoms with Gasteiger partial charge in [0, 0.05) is 29.2 Å². The number of halogens is 1. The number of amidine groups is 1. The van der Waals surface area contributed by atoms with Crippen LogP contribution in [0.1, 0.15) is 32.1 Å². The molecule has 0 heterocycles. The highest BCUT2D eigenvalue weighted by molar-refractivity contribution is 6.30. The van der Waals surface area contributed by atoms with Gasteiger partial charge >= 0.3 is 0 Å². The molecule has 0 saturated heterocycles. The summed E-state index contributed by atoms with van der Waals surface area (Å²) in [5, 5.41) is 16.8. The minimum absolute atomic E-state index is 0.00698. The minimum atomic E-state index is -0.687. The van der Waals surface area contributed by atoms with Crippen LogP contribution in [-0.4, -0.2) is 47.1 Å². The van der Waals surface area contributed by atoms with Crippen LogP contribution in [-0.2, 0) is 4.79 Å². The number of aliphatic imine (C=N–C) groups is 1. The van der Waals surface area contributed by atoms with Crippen LogP contribution in [0.4, 0.5) is 5.69 Å². The van der Waals surface area contributed by atoms with E-state index in [1.807, 2.05) is 0 Å². The van der Waals surface area contributed by atoms with E-state index in [1.165, 1.54) is 6.20 Å². The first-order chi connectivity index (χ1) is 14.4. The molecule has 30 heavy (non-hydrogen) atoms. The largest absolute Gasteiger partial charge is 0.394 e. The van der Waals surface area contributed by atoms with Gasteiger partial charge < -0.3 is 27.2 Å². The fourth-order valence-corrected chi connectivity index (χ4v) is 3.87. The molecule has 1 unspecified atom stereocenters. The van der Waals surface area contributed by atoms with Crippen LogP contribution in [0.3, 0.4) is 0 Å². The lowest BCUT2D eigenvalue weighted by molar-refractivity contribution is -0.114. The van der Waals surface area contributed by atoms with Gasteiger partial charge in [-0.15, -0.1) is 0 Å². The summed E-state index contributed by atoms with van der Waals surface area (Å²) in [5.41, 5.74) is 12.0. The van der Waals surface area contributed by atoms with E-state index in [0.717, 1.165) is 32.1 Å². The van der Waals surface area contributed by atoms with E-state index in [2.05, 4.69) is 20.5 Å². The molecule has 160 valence electrons. The first kappa shape index (κ1) is 22.1. The number of amides is 1. The number of benzene rings is 1. The van der Waals surface area contributed by atoms with Crippen molar-refractivity contribution in [2.45, 2.75) is 55.8 Å². The van der Waals surface area contributed by atoms with Gasteiger partial charge in [-0.25, -0.2) is 4.99 Å². The highest BCUT2D eigenvalue weighted by Gasteiger charge is 2.46. The summed E-state index contributed by atoms with van der Waals surface area (Å²) in [6.45, 7) is 5.79. The fourth-order valence-electron chi connectivity index (χ4n) is 3.75. The lowest BCUT2D eigenvalue weighted by Gasteiger charge is -2.31. The van der Waals surface area contributed by atoms with Gasteiger partial charge in [-0.3, -0.25) is 4.79 Å². The Bertz CT molecular complexity index is 872. The lowest BCUT2D eigenvalue weighted by Crippen LogP contribution is -2.50. The number of nitrogens with one attached hydrogen (secondary N) is 2. The van der Waals surface area contributed by atoms with Crippen molar-refractivity contribution >= 4 is 29.0 Å². The molecule has 0 bridgehead atoms. The quantitative estimate of drug-likeness (QED) is 0.243. The number of rotatable bonds is 8. The Balaban J connectivity index is 1.66. The number of nitrogens with two attached hydrogens (primary N) is 2. The highest BCUT2D eigenvalue weighted by Crippen LogP contribution is 2.37. The van der Waals surface area contributed by atoms with Crippen LogP contribution in [0, 0.1) is 6.57 Å². The maximum Gasteiger partial charge on any atom is 0.293 e. The number of hydrogen-bond donors (Lipinski definition) is 5. The van der Waals surface area contributed by atoms with Gasteiger partial charge in [0.15, 0.2) is 0 Å². The smallest absolute Gasteiger partial charge is 0.293 e. The molecular formula is C21H28ClN6O2+. The van der Waals surface area contributed by atoms with E-state index in [9.17, 15) is 9.90 Å². The van der Waals surface area contributed by atoms with Crippen molar-refractivity contribution in [3.63, 3.8) is 0 Å². The Hall–Kier alpha value is -2.60. The molecule has 2 aliphatic carbocycles. The zero-order valence-corrected chi connectivity index (χ0v) is 17.5. The molecule has 0 spiro atoms. The van der Waals surface area contributed by atoms with Crippen molar-refractivity contribution in [3.8, 4) is 6.57 Å². The molecule has 1 aromatic carbocycles. The van der Waals surface area contributed by atoms with E-state index in [1.54, 1.807) is 24.3 Å². The number of carbonyl (C=O) groups is 1. The predicted molar refractivity (Wildman–Crippen MR) is 119 cm³/mol. The molecule has 1 amide bonds. The van der Waals surface area contributed by atoms with Crippen LogP contribution in [0.25, 0.3) is 4.85 Å². The molecule has 0 radical (unpaired) electrons. The number of aliphatic hydroxyl groups is 1. The summed E-state index contributed by atoms with van der Waals surface area (Å²) in [5.74, 6) is -0.680. The van der Waals surface area contributed by atoms with Gasteiger partial charge in [0.1, 0.15) is 11.9 Å². The summed E-state index contributed by atoms with van der Waals surface area (Å²) in [6, 6.07) is 6.78. The van der Waals surface area contributed by atoms with E-state index >= 15 is 0 Å². The molecule has 7 N–H and O–H groups in total. The average Bonchev–Trinajstić information content (AvgIpc) is 3.50. The third-order valence-electron chi connectivity index (χ3n) is 5.73. The minimum Gasteiger partial charge on any atom is -0.394 e. The molecule has 2 aliphatic rings. The van der Waals surface area contributed by atoms with Crippen LogP contribution in [0.15, 0.2) is 41.0 Å². The molecule has 2 fully saturated rings. The van der Waals surface area contributed by atoms with Crippen molar-refractivity contribution < 1.29 is 9.90 Å². The van der Waals surface area contributed by atoms with E-state index in [-0.39, 0.29) is 41.7 Å². The molecule has 0 aliphatic heterocycles. The Morgan fingerprint density at radius 2 is 2.03 bits per heavy atom. The van der Waals surface area contributed by atoms with Crippen molar-refractivity contribution in [2.24, 2.45) is 16.5 Å². The molecular weight excluding hydrogens is 404 g/mol. The molecule has 2 saturated carbocycles. The first-order valence-corrected chi connectivity index (χ1v) is 10.4. The van der Waals surface area contributed by atoms with E-state index in [0.29, 0.717) is 10.7 Å². The van der Waals surface area contributed by atoms with E-state index < -0.39 is 5.91 Å². The van der Waals surface area contributed by atoms with Crippen LogP contribution in [0.5, 0.6) is 0 Å². The third kappa shape index (κ3) is 5.51. The maximum absolute atomic E-state index is 11.9. The number of hydrogen-bond acceptors (Lipinski definition) is 5. The van der Waals surface area contributed by atoms with Gasteiger partial charge in [-0.05, 0) is 49.9 Å². The summed E-state index contributed by atoms with van der Waals surface area (Å²) in [7, 11) is 0. The summed E-state index contributed by atoms with van der Waals surface area (Å²) in [4.78, 5) is 20.2. The molecule has 3 rings (SSSR count). The van der Waals surface area contributed by atoms with E-state index in [4.69, 9.17) is 29.6 Å². The second-order valence-corrected chi connectivity index (χ2v) is 8.41. The van der Waals surface area contributed by atoms with Crippen LogP contribution >= 0.6 is 11.6 Å². The van der Waals surface area contributed by atoms with Crippen molar-refractivity contribution in [2.75, 3.05) is 6.61 Å². The topological polar surface area (TPSA) is 130 Å². The molecule has 3 atom stereocenters. The Kier molecular flexibility index (Phi) is 6.98. The van der Waals surface area contributed by atoms with Crippen LogP contribution < -0.4 is 22.1 Å². The van der Waals surface area contributed by atoms with Crippen LogP contribution in [0.2, 0.25) is 5.02 Å². The normalized spacial score (nSPS) is 26.0. The van der Waals surface area contributed by atoms with Gasteiger partial charge in [0.05, 0.1) is 17.9 Å². The Labute approximate surface area is 181 Å². The number of nitrogens with zero attached hydrogens (tertiary/aromatic N) is 2. The Morgan fingerprint density at radius 3 is 2.60 bits per heavy atom. The van der Waals surface area contributed by atoms with Crippen molar-refractivity contribution in [1.29, 1.82) is 0 Å². The monoisotopic (exact) mass is 431 g/mol. The number of primary amides is 1. The molecule has 0 aromatic heterocycles. The zero-order valence-electron chi connectivity index (χ0n) is 16.7. The van der Waals surface area contributed by atoms with Crippen molar-refractivity contribution in [3.05, 3.63) is 45.9 Å². The van der Waals surface area contributed by atoms with Crippen molar-refractivity contribution in [1.82, 2.24) is 10.6 Å². The third-order valence-corrected chi connectivity index (χ3v) is 5.99. The summed E-state index contributed by atoms with van der Waals surface area (Å²) in [6.07, 6.45) is 5.90. The maximum atomic E-state index is 11.9. The SMILES string of the molecule is C#[N+][C@H]1C[C@@H](NC2(CO)CC2)CCC1N/C=C(/C(N)=O)C(N)=Nc1ccc(Cl)cc1. The van der Waals surface area contributed by atoms with Gasteiger partial charge in [-0.2, -0.15) is 0 Å². The zero-order chi connectivity index (χ0) is 21.7. The predicted octanol–water partition coefficient (Wildman–Crippen LogP) is 1.65. The van der Waals surface area contributed by atoms with Gasteiger partial charge in [0.2, 0.25) is 0 Å². The number of aliphatic hydroxyl groups excluding tert-OH is 1. The second kappa shape index (κ2) is 9.47. The lowest BCUT2D eigenvalue weighted by atomic mass is 9.86. The average molecular weight is 432 g/mol. The number of carbonyl (C=O) groups excluding carboxylic acids is 1. The first-order valence-electron chi connectivity index (χ1n) is 10.0. The molecule has 8 nitrogen and oxygen atoms in total. The molecule has 9 heteroatoms. The second-order valence-electron chi connectivity index (χ2n) is 7.98. The van der Waals surface area contributed by atoms with Gasteiger partial charge in [-0.1, -0.05) is 16.4 Å². The summed E-state index contributed by atoms with van der Waals surface area (Å²) < 4.78 is 0. The molecule has 1 aromatic rings. The fraction of sp³-hybridized carbons (Fsp3) is 0.476. The Morgan fingerprint density at radius 1 is 1.33 bits per heavy atom.